The molecule has 0 bridgehead atoms. The predicted molar refractivity (Wildman–Crippen MR) is 120 cm³/mol. The Labute approximate surface area is 187 Å². The largest absolute Gasteiger partial charge is 0.493 e. The maximum Gasteiger partial charge on any atom is 0.323 e. The van der Waals surface area contributed by atoms with E-state index < -0.39 is 17.7 Å². The molecule has 1 heterocycles. The second-order valence-electron chi connectivity index (χ2n) is 6.86. The zero-order chi connectivity index (χ0) is 23.4. The number of rotatable bonds is 6. The van der Waals surface area contributed by atoms with Gasteiger partial charge in [0.05, 0.1) is 25.4 Å². The fourth-order valence-electron chi connectivity index (χ4n) is 3.15. The maximum atomic E-state index is 13.7. The van der Waals surface area contributed by atoms with Crippen LogP contribution in [0.25, 0.3) is 10.9 Å². The van der Waals surface area contributed by atoms with Crippen LogP contribution in [0.2, 0.25) is 0 Å². The zero-order valence-electron chi connectivity index (χ0n) is 17.7. The number of carbonyl (C=O) groups is 1. The summed E-state index contributed by atoms with van der Waals surface area (Å²) >= 11 is 0. The third kappa shape index (κ3) is 4.93. The van der Waals surface area contributed by atoms with E-state index >= 15 is 0 Å². The number of pyridine rings is 1. The second-order valence-corrected chi connectivity index (χ2v) is 6.86. The van der Waals surface area contributed by atoms with E-state index in [1.807, 2.05) is 0 Å². The number of ether oxygens (including phenoxy) is 3. The van der Waals surface area contributed by atoms with Gasteiger partial charge >= 0.3 is 6.03 Å². The van der Waals surface area contributed by atoms with Gasteiger partial charge in [-0.25, -0.2) is 13.6 Å². The first-order valence-corrected chi connectivity index (χ1v) is 9.78. The number of halogens is 2. The van der Waals surface area contributed by atoms with Gasteiger partial charge in [0.25, 0.3) is 0 Å². The molecule has 0 saturated heterocycles. The maximum absolute atomic E-state index is 13.7. The molecular weight excluding hydrogens is 432 g/mol. The molecule has 0 radical (unpaired) electrons. The number of methoxy groups -OCH3 is 2. The topological polar surface area (TPSA) is 81.7 Å². The number of anilines is 2. The van der Waals surface area contributed by atoms with Crippen molar-refractivity contribution in [3.8, 4) is 23.0 Å². The molecule has 0 fully saturated rings. The number of urea groups is 1. The summed E-state index contributed by atoms with van der Waals surface area (Å²) < 4.78 is 43.6. The summed E-state index contributed by atoms with van der Waals surface area (Å²) in [5, 5.41) is 5.55. The molecule has 1 aromatic heterocycles. The number of nitrogens with zero attached hydrogens (tertiary/aromatic N) is 1. The van der Waals surface area contributed by atoms with E-state index in [1.54, 1.807) is 62.9 Å². The Morgan fingerprint density at radius 2 is 1.58 bits per heavy atom. The number of nitrogens with one attached hydrogen (secondary N) is 2. The summed E-state index contributed by atoms with van der Waals surface area (Å²) in [4.78, 5) is 16.4. The normalized spacial score (nSPS) is 10.5. The van der Waals surface area contributed by atoms with E-state index in [-0.39, 0.29) is 5.69 Å². The number of amides is 2. The Morgan fingerprint density at radius 1 is 0.848 bits per heavy atom. The quantitative estimate of drug-likeness (QED) is 0.378. The van der Waals surface area contributed by atoms with Crippen LogP contribution in [0.15, 0.2) is 66.9 Å². The standard InChI is InChI=1S/C24H19F2N3O4/c1-31-22-12-17-19(13-23(22)32-2)27-10-9-21(17)33-16-6-4-15(5-7-16)28-24(30)29-20-11-14(25)3-8-18(20)26/h3-13H,1-2H3,(H2,28,29,30). The van der Waals surface area contributed by atoms with Crippen molar-refractivity contribution in [2.75, 3.05) is 24.9 Å². The van der Waals surface area contributed by atoms with Crippen molar-refractivity contribution in [1.29, 1.82) is 0 Å². The third-order valence-electron chi connectivity index (χ3n) is 4.72. The molecular formula is C24H19F2N3O4. The highest BCUT2D eigenvalue weighted by atomic mass is 19.1. The highest BCUT2D eigenvalue weighted by Crippen LogP contribution is 2.37. The van der Waals surface area contributed by atoms with Crippen LogP contribution in [0.3, 0.4) is 0 Å². The fourth-order valence-corrected chi connectivity index (χ4v) is 3.15. The summed E-state index contributed by atoms with van der Waals surface area (Å²) in [5.41, 5.74) is 0.844. The monoisotopic (exact) mass is 451 g/mol. The molecule has 9 heteroatoms. The number of benzene rings is 3. The van der Waals surface area contributed by atoms with Gasteiger partial charge < -0.3 is 24.8 Å². The van der Waals surface area contributed by atoms with Crippen molar-refractivity contribution < 1.29 is 27.8 Å². The van der Waals surface area contributed by atoms with Crippen LogP contribution in [0.4, 0.5) is 25.0 Å². The Kier molecular flexibility index (Phi) is 6.21. The summed E-state index contributed by atoms with van der Waals surface area (Å²) in [6.07, 6.45) is 1.62. The van der Waals surface area contributed by atoms with Crippen molar-refractivity contribution in [3.63, 3.8) is 0 Å². The van der Waals surface area contributed by atoms with Crippen molar-refractivity contribution in [1.82, 2.24) is 4.98 Å². The van der Waals surface area contributed by atoms with E-state index in [0.29, 0.717) is 34.2 Å². The van der Waals surface area contributed by atoms with Gasteiger partial charge in [-0.1, -0.05) is 0 Å². The average molecular weight is 451 g/mol. The lowest BCUT2D eigenvalue weighted by molar-refractivity contribution is 0.262. The first-order chi connectivity index (χ1) is 16.0. The lowest BCUT2D eigenvalue weighted by Gasteiger charge is -2.13. The van der Waals surface area contributed by atoms with Gasteiger partial charge in [-0.15, -0.1) is 0 Å². The molecule has 0 aliphatic carbocycles. The molecule has 4 aromatic rings. The first kappa shape index (κ1) is 21.8. The minimum absolute atomic E-state index is 0.260. The van der Waals surface area contributed by atoms with Gasteiger partial charge in [0.1, 0.15) is 23.1 Å². The molecule has 168 valence electrons. The van der Waals surface area contributed by atoms with Gasteiger partial charge in [0, 0.05) is 29.4 Å². The van der Waals surface area contributed by atoms with Crippen LogP contribution in [0.5, 0.6) is 23.0 Å². The number of hydrogen-bond donors (Lipinski definition) is 2. The SMILES string of the molecule is COc1cc2nccc(Oc3ccc(NC(=O)Nc4cc(F)ccc4F)cc3)c2cc1OC. The molecule has 0 saturated carbocycles. The molecule has 7 nitrogen and oxygen atoms in total. The van der Waals surface area contributed by atoms with Gasteiger partial charge in [-0.05, 0) is 48.5 Å². The van der Waals surface area contributed by atoms with Gasteiger partial charge in [-0.2, -0.15) is 0 Å². The van der Waals surface area contributed by atoms with Gasteiger partial charge in [0.15, 0.2) is 11.5 Å². The highest BCUT2D eigenvalue weighted by Gasteiger charge is 2.12. The minimum atomic E-state index is -0.742. The van der Waals surface area contributed by atoms with Crippen LogP contribution in [-0.4, -0.2) is 25.2 Å². The molecule has 2 amide bonds. The highest BCUT2D eigenvalue weighted by molar-refractivity contribution is 5.99. The molecule has 0 spiro atoms. The van der Waals surface area contributed by atoms with Crippen LogP contribution in [0.1, 0.15) is 0 Å². The molecule has 0 aliphatic heterocycles. The predicted octanol–water partition coefficient (Wildman–Crippen LogP) is 5.97. The third-order valence-corrected chi connectivity index (χ3v) is 4.72. The summed E-state index contributed by atoms with van der Waals surface area (Å²) in [6, 6.07) is 13.9. The van der Waals surface area contributed by atoms with Gasteiger partial charge in [0.2, 0.25) is 0 Å². The molecule has 0 aliphatic rings. The van der Waals surface area contributed by atoms with E-state index in [1.165, 1.54) is 0 Å². The minimum Gasteiger partial charge on any atom is -0.493 e. The number of fused-ring (bicyclic) bond motifs is 1. The average Bonchev–Trinajstić information content (AvgIpc) is 2.82. The van der Waals surface area contributed by atoms with E-state index in [2.05, 4.69) is 15.6 Å². The van der Waals surface area contributed by atoms with E-state index in [9.17, 15) is 13.6 Å². The van der Waals surface area contributed by atoms with E-state index in [0.717, 1.165) is 23.6 Å². The smallest absolute Gasteiger partial charge is 0.323 e. The lowest BCUT2D eigenvalue weighted by Crippen LogP contribution is -2.20. The van der Waals surface area contributed by atoms with Gasteiger partial charge in [-0.3, -0.25) is 4.98 Å². The van der Waals surface area contributed by atoms with Crippen molar-refractivity contribution >= 4 is 28.3 Å². The Hall–Kier alpha value is -4.40. The lowest BCUT2D eigenvalue weighted by atomic mass is 10.2. The number of carbonyl (C=O) groups excluding carboxylic acids is 1. The molecule has 0 atom stereocenters. The van der Waals surface area contributed by atoms with Crippen molar-refractivity contribution in [2.24, 2.45) is 0 Å². The van der Waals surface area contributed by atoms with Crippen molar-refractivity contribution in [2.45, 2.75) is 0 Å². The second kappa shape index (κ2) is 9.39. The summed E-state index contributed by atoms with van der Waals surface area (Å²) in [6.45, 7) is 0. The van der Waals surface area contributed by atoms with Crippen LogP contribution >= 0.6 is 0 Å². The fraction of sp³-hybridized carbons (Fsp3) is 0.0833. The number of hydrogen-bond acceptors (Lipinski definition) is 5. The summed E-state index contributed by atoms with van der Waals surface area (Å²) in [7, 11) is 3.10. The molecule has 0 unspecified atom stereocenters. The van der Waals surface area contributed by atoms with Crippen molar-refractivity contribution in [3.05, 3.63) is 78.5 Å². The molecule has 4 rings (SSSR count). The van der Waals surface area contributed by atoms with E-state index in [4.69, 9.17) is 14.2 Å². The van der Waals surface area contributed by atoms with Crippen LogP contribution < -0.4 is 24.8 Å². The molecule has 3 aromatic carbocycles. The molecule has 2 N–H and O–H groups in total. The number of aromatic nitrogens is 1. The first-order valence-electron chi connectivity index (χ1n) is 9.78. The Balaban J connectivity index is 1.48. The Morgan fingerprint density at radius 3 is 2.30 bits per heavy atom. The molecule has 33 heavy (non-hydrogen) atoms. The van der Waals surface area contributed by atoms with Crippen LogP contribution in [0, 0.1) is 11.6 Å². The summed E-state index contributed by atoms with van der Waals surface area (Å²) in [5.74, 6) is 0.770. The zero-order valence-corrected chi connectivity index (χ0v) is 17.7. The van der Waals surface area contributed by atoms with Crippen LogP contribution in [-0.2, 0) is 0 Å². The Bertz CT molecular complexity index is 1310.